The fourth-order valence-electron chi connectivity index (χ4n) is 1.91. The molecule has 20 heavy (non-hydrogen) atoms. The molecule has 0 radical (unpaired) electrons. The maximum absolute atomic E-state index is 11.7. The highest BCUT2D eigenvalue weighted by atomic mass is 16.6. The fraction of sp³-hybridized carbons (Fsp3) is 0.500. The number of hydrogen-bond donors (Lipinski definition) is 2. The van der Waals surface area contributed by atoms with Crippen molar-refractivity contribution in [3.05, 3.63) is 39.9 Å². The van der Waals surface area contributed by atoms with Gasteiger partial charge in [-0.25, -0.2) is 0 Å². The van der Waals surface area contributed by atoms with Crippen LogP contribution in [0.2, 0.25) is 0 Å². The number of hydrogen-bond acceptors (Lipinski definition) is 4. The zero-order chi connectivity index (χ0) is 15.0. The van der Waals surface area contributed by atoms with Gasteiger partial charge in [-0.1, -0.05) is 18.6 Å². The summed E-state index contributed by atoms with van der Waals surface area (Å²) in [6.07, 6.45) is 3.13. The SMILES string of the molecule is CC(NC(=O)CCCCCN)c1cccc([N+](=O)[O-])c1. The van der Waals surface area contributed by atoms with E-state index in [0.717, 1.165) is 24.8 Å². The van der Waals surface area contributed by atoms with E-state index >= 15 is 0 Å². The average Bonchev–Trinajstić information content (AvgIpc) is 2.43. The first kappa shape index (κ1) is 16.1. The zero-order valence-corrected chi connectivity index (χ0v) is 11.7. The van der Waals surface area contributed by atoms with Crippen LogP contribution in [0, 0.1) is 10.1 Å². The minimum absolute atomic E-state index is 0.0338. The van der Waals surface area contributed by atoms with Gasteiger partial charge in [-0.05, 0) is 31.9 Å². The van der Waals surface area contributed by atoms with E-state index in [-0.39, 0.29) is 17.6 Å². The summed E-state index contributed by atoms with van der Waals surface area (Å²) in [6.45, 7) is 2.46. The van der Waals surface area contributed by atoms with Crippen LogP contribution in [-0.2, 0) is 4.79 Å². The first-order valence-corrected chi connectivity index (χ1v) is 6.78. The van der Waals surface area contributed by atoms with Crippen molar-refractivity contribution in [2.45, 2.75) is 38.6 Å². The second-order valence-corrected chi connectivity index (χ2v) is 4.74. The molecule has 1 aromatic carbocycles. The standard InChI is InChI=1S/C14H21N3O3/c1-11(16-14(18)8-3-2-4-9-15)12-6-5-7-13(10-12)17(19)20/h5-7,10-11H,2-4,8-9,15H2,1H3,(H,16,18). The number of rotatable bonds is 8. The zero-order valence-electron chi connectivity index (χ0n) is 11.7. The summed E-state index contributed by atoms with van der Waals surface area (Å²) in [6, 6.07) is 6.07. The molecule has 6 heteroatoms. The molecule has 0 saturated carbocycles. The predicted octanol–water partition coefficient (Wildman–Crippen LogP) is 2.29. The molecule has 0 aliphatic carbocycles. The van der Waals surface area contributed by atoms with Gasteiger partial charge in [0.25, 0.3) is 5.69 Å². The molecule has 0 spiro atoms. The highest BCUT2D eigenvalue weighted by Crippen LogP contribution is 2.19. The number of unbranched alkanes of at least 4 members (excludes halogenated alkanes) is 2. The highest BCUT2D eigenvalue weighted by Gasteiger charge is 2.12. The van der Waals surface area contributed by atoms with Crippen molar-refractivity contribution < 1.29 is 9.72 Å². The molecule has 0 saturated heterocycles. The van der Waals surface area contributed by atoms with Crippen LogP contribution in [0.1, 0.15) is 44.2 Å². The molecule has 0 aliphatic heterocycles. The molecule has 6 nitrogen and oxygen atoms in total. The van der Waals surface area contributed by atoms with Crippen LogP contribution >= 0.6 is 0 Å². The summed E-state index contributed by atoms with van der Waals surface area (Å²) in [5, 5.41) is 13.6. The van der Waals surface area contributed by atoms with Crippen molar-refractivity contribution in [1.29, 1.82) is 0 Å². The summed E-state index contributed by atoms with van der Waals surface area (Å²) < 4.78 is 0. The second-order valence-electron chi connectivity index (χ2n) is 4.74. The van der Waals surface area contributed by atoms with E-state index in [0.29, 0.717) is 13.0 Å². The molecule has 0 bridgehead atoms. The lowest BCUT2D eigenvalue weighted by atomic mass is 10.1. The van der Waals surface area contributed by atoms with Crippen LogP contribution in [0.4, 0.5) is 5.69 Å². The number of carbonyl (C=O) groups is 1. The summed E-state index contributed by atoms with van der Waals surface area (Å²) in [7, 11) is 0. The van der Waals surface area contributed by atoms with Gasteiger partial charge in [0.15, 0.2) is 0 Å². The summed E-state index contributed by atoms with van der Waals surface area (Å²) in [5.41, 5.74) is 6.15. The van der Waals surface area contributed by atoms with Crippen molar-refractivity contribution in [1.82, 2.24) is 5.32 Å². The monoisotopic (exact) mass is 279 g/mol. The van der Waals surface area contributed by atoms with Crippen LogP contribution in [0.3, 0.4) is 0 Å². The molecule has 1 unspecified atom stereocenters. The normalized spacial score (nSPS) is 11.9. The topological polar surface area (TPSA) is 98.3 Å². The number of carbonyl (C=O) groups excluding carboxylic acids is 1. The van der Waals surface area contributed by atoms with E-state index in [9.17, 15) is 14.9 Å². The number of benzene rings is 1. The molecule has 1 amide bonds. The van der Waals surface area contributed by atoms with Gasteiger partial charge in [0.1, 0.15) is 0 Å². The number of amides is 1. The van der Waals surface area contributed by atoms with Gasteiger partial charge >= 0.3 is 0 Å². The van der Waals surface area contributed by atoms with Gasteiger partial charge in [0.05, 0.1) is 11.0 Å². The van der Waals surface area contributed by atoms with Crippen LogP contribution < -0.4 is 11.1 Å². The third kappa shape index (κ3) is 5.36. The third-order valence-electron chi connectivity index (χ3n) is 3.07. The van der Waals surface area contributed by atoms with E-state index in [1.807, 2.05) is 6.92 Å². The highest BCUT2D eigenvalue weighted by molar-refractivity contribution is 5.76. The maximum Gasteiger partial charge on any atom is 0.269 e. The molecule has 0 aromatic heterocycles. The lowest BCUT2D eigenvalue weighted by Gasteiger charge is -2.14. The Labute approximate surface area is 118 Å². The van der Waals surface area contributed by atoms with E-state index in [4.69, 9.17) is 5.73 Å². The van der Waals surface area contributed by atoms with E-state index in [1.165, 1.54) is 12.1 Å². The number of nitrogens with one attached hydrogen (secondary N) is 1. The van der Waals surface area contributed by atoms with Crippen molar-refractivity contribution in [2.24, 2.45) is 5.73 Å². The largest absolute Gasteiger partial charge is 0.350 e. The van der Waals surface area contributed by atoms with E-state index in [2.05, 4.69) is 5.32 Å². The molecule has 1 rings (SSSR count). The average molecular weight is 279 g/mol. The Morgan fingerprint density at radius 1 is 1.40 bits per heavy atom. The quantitative estimate of drug-likeness (QED) is 0.433. The summed E-state index contributed by atoms with van der Waals surface area (Å²) in [5.74, 6) is -0.0407. The Morgan fingerprint density at radius 3 is 2.80 bits per heavy atom. The number of non-ortho nitro benzene ring substituents is 1. The fourth-order valence-corrected chi connectivity index (χ4v) is 1.91. The number of nitro benzene ring substituents is 1. The van der Waals surface area contributed by atoms with Gasteiger partial charge in [-0.3, -0.25) is 14.9 Å². The lowest BCUT2D eigenvalue weighted by molar-refractivity contribution is -0.384. The Balaban J connectivity index is 2.49. The molecule has 1 atom stereocenters. The molecule has 0 fully saturated rings. The molecule has 0 aliphatic rings. The Bertz CT molecular complexity index is 463. The Hall–Kier alpha value is -1.95. The second kappa shape index (κ2) is 8.27. The third-order valence-corrected chi connectivity index (χ3v) is 3.07. The van der Waals surface area contributed by atoms with Crippen molar-refractivity contribution in [2.75, 3.05) is 6.54 Å². The van der Waals surface area contributed by atoms with Crippen LogP contribution in [0.5, 0.6) is 0 Å². The Kier molecular flexibility index (Phi) is 6.66. The van der Waals surface area contributed by atoms with E-state index < -0.39 is 4.92 Å². The van der Waals surface area contributed by atoms with Crippen molar-refractivity contribution in [3.8, 4) is 0 Å². The van der Waals surface area contributed by atoms with Crippen molar-refractivity contribution >= 4 is 11.6 Å². The first-order chi connectivity index (χ1) is 9.54. The minimum Gasteiger partial charge on any atom is -0.350 e. The minimum atomic E-state index is -0.440. The smallest absolute Gasteiger partial charge is 0.269 e. The molecular formula is C14H21N3O3. The van der Waals surface area contributed by atoms with Crippen molar-refractivity contribution in [3.63, 3.8) is 0 Å². The van der Waals surface area contributed by atoms with E-state index in [1.54, 1.807) is 12.1 Å². The van der Waals surface area contributed by atoms with Crippen LogP contribution in [0.15, 0.2) is 24.3 Å². The summed E-state index contributed by atoms with van der Waals surface area (Å²) >= 11 is 0. The number of nitrogens with two attached hydrogens (primary N) is 1. The molecule has 110 valence electrons. The van der Waals surface area contributed by atoms with Gasteiger partial charge in [0.2, 0.25) is 5.91 Å². The Morgan fingerprint density at radius 2 is 2.15 bits per heavy atom. The number of nitrogens with zero attached hydrogens (tertiary/aromatic N) is 1. The molecule has 3 N–H and O–H groups in total. The molecular weight excluding hydrogens is 258 g/mol. The molecule has 0 heterocycles. The maximum atomic E-state index is 11.7. The number of nitro groups is 1. The van der Waals surface area contributed by atoms with Gasteiger partial charge in [0, 0.05) is 18.6 Å². The van der Waals surface area contributed by atoms with Crippen LogP contribution in [0.25, 0.3) is 0 Å². The molecule has 1 aromatic rings. The first-order valence-electron chi connectivity index (χ1n) is 6.78. The lowest BCUT2D eigenvalue weighted by Crippen LogP contribution is -2.26. The summed E-state index contributed by atoms with van der Waals surface area (Å²) in [4.78, 5) is 22.0. The predicted molar refractivity (Wildman–Crippen MR) is 77.2 cm³/mol. The van der Waals surface area contributed by atoms with Gasteiger partial charge in [-0.2, -0.15) is 0 Å². The van der Waals surface area contributed by atoms with Gasteiger partial charge < -0.3 is 11.1 Å². The van der Waals surface area contributed by atoms with Crippen LogP contribution in [-0.4, -0.2) is 17.4 Å². The van der Waals surface area contributed by atoms with Gasteiger partial charge in [-0.15, -0.1) is 0 Å².